The van der Waals surface area contributed by atoms with Crippen LogP contribution in [0.25, 0.3) is 0 Å². The van der Waals surface area contributed by atoms with Crippen LogP contribution in [-0.2, 0) is 17.5 Å². The Bertz CT molecular complexity index is 1000. The van der Waals surface area contributed by atoms with Crippen molar-refractivity contribution in [2.45, 2.75) is 39.8 Å². The number of nitrogens with one attached hydrogen (secondary N) is 2. The third-order valence-electron chi connectivity index (χ3n) is 4.59. The Morgan fingerprint density at radius 1 is 1.19 bits per heavy atom. The maximum atomic E-state index is 12.8. The molecule has 0 bridgehead atoms. The van der Waals surface area contributed by atoms with Gasteiger partial charge in [0.15, 0.2) is 5.84 Å². The first kappa shape index (κ1) is 22.9. The second-order valence-corrected chi connectivity index (χ2v) is 8.50. The Kier molecular flexibility index (Phi) is 6.20. The molecule has 0 saturated carbocycles. The Labute approximate surface area is 182 Å². The number of aliphatic imine (C=N–C) groups is 1. The molecular formula is C21H22ClF3N4O2. The van der Waals surface area contributed by atoms with Gasteiger partial charge in [0, 0.05) is 17.5 Å². The fraction of sp³-hybridized carbons (Fsp3) is 0.333. The number of halogens is 4. The van der Waals surface area contributed by atoms with Crippen LogP contribution in [0.1, 0.15) is 37.5 Å². The zero-order valence-electron chi connectivity index (χ0n) is 17.1. The van der Waals surface area contributed by atoms with E-state index in [2.05, 4.69) is 15.7 Å². The third kappa shape index (κ3) is 5.29. The first-order valence-electron chi connectivity index (χ1n) is 9.42. The first-order valence-corrected chi connectivity index (χ1v) is 9.80. The van der Waals surface area contributed by atoms with Crippen LogP contribution in [0, 0.1) is 5.41 Å². The monoisotopic (exact) mass is 454 g/mol. The molecule has 1 aliphatic rings. The zero-order valence-corrected chi connectivity index (χ0v) is 17.8. The van der Waals surface area contributed by atoms with E-state index < -0.39 is 23.5 Å². The number of rotatable bonds is 4. The number of alkyl halides is 3. The summed E-state index contributed by atoms with van der Waals surface area (Å²) in [5, 5.41) is 14.7. The van der Waals surface area contributed by atoms with Crippen molar-refractivity contribution in [3.05, 3.63) is 64.2 Å². The molecule has 6 nitrogen and oxygen atoms in total. The number of anilines is 1. The summed E-state index contributed by atoms with van der Waals surface area (Å²) in [7, 11) is 0. The van der Waals surface area contributed by atoms with Crippen molar-refractivity contribution in [1.29, 1.82) is 0 Å². The average molecular weight is 455 g/mol. The fourth-order valence-electron chi connectivity index (χ4n) is 2.82. The van der Waals surface area contributed by atoms with E-state index in [-0.39, 0.29) is 18.3 Å². The van der Waals surface area contributed by atoms with E-state index in [0.29, 0.717) is 16.3 Å². The molecule has 1 heterocycles. The fourth-order valence-corrected chi connectivity index (χ4v) is 3.03. The first-order chi connectivity index (χ1) is 14.4. The van der Waals surface area contributed by atoms with Crippen molar-refractivity contribution in [3.8, 4) is 0 Å². The number of amidine groups is 1. The Hall–Kier alpha value is -2.78. The van der Waals surface area contributed by atoms with E-state index in [1.165, 1.54) is 17.1 Å². The number of carbonyl (C=O) groups is 1. The van der Waals surface area contributed by atoms with Gasteiger partial charge in [-0.3, -0.25) is 10.2 Å². The molecule has 1 aliphatic heterocycles. The van der Waals surface area contributed by atoms with Crippen LogP contribution in [0.5, 0.6) is 0 Å². The largest absolute Gasteiger partial charge is 0.416 e. The molecular weight excluding hydrogens is 433 g/mol. The summed E-state index contributed by atoms with van der Waals surface area (Å²) in [5.41, 5.74) is 3.09. The van der Waals surface area contributed by atoms with Gasteiger partial charge in [-0.05, 0) is 42.0 Å². The molecule has 0 spiro atoms. The van der Waals surface area contributed by atoms with Gasteiger partial charge in [-0.25, -0.2) is 10.0 Å². The van der Waals surface area contributed by atoms with Gasteiger partial charge in [-0.15, -0.1) is 0 Å². The Morgan fingerprint density at radius 2 is 1.84 bits per heavy atom. The minimum absolute atomic E-state index is 0.107. The van der Waals surface area contributed by atoms with E-state index in [4.69, 9.17) is 11.6 Å². The number of hydrogen-bond acceptors (Lipinski definition) is 5. The predicted molar refractivity (Wildman–Crippen MR) is 112 cm³/mol. The highest BCUT2D eigenvalue weighted by Crippen LogP contribution is 2.31. The molecule has 2 aromatic rings. The summed E-state index contributed by atoms with van der Waals surface area (Å²) in [5.74, 6) is 0.144. The van der Waals surface area contributed by atoms with Gasteiger partial charge < -0.3 is 10.4 Å². The van der Waals surface area contributed by atoms with Gasteiger partial charge >= 0.3 is 6.18 Å². The van der Waals surface area contributed by atoms with Gasteiger partial charge in [0.1, 0.15) is 0 Å². The molecule has 0 radical (unpaired) electrons. The lowest BCUT2D eigenvalue weighted by molar-refractivity contribution is -0.137. The standard InChI is InChI=1S/C21H22ClF3N4O2/c1-20(2,3)18(30)26-11-12-4-9-16(22)15(10-12)17-27-19(31)29(28-17)14-7-5-13(6-8-14)21(23,24)25/h4-10,19,31H,11H2,1-3H3,(H,26,30)(H,27,28). The molecule has 31 heavy (non-hydrogen) atoms. The summed E-state index contributed by atoms with van der Waals surface area (Å²) >= 11 is 6.29. The molecule has 3 N–H and O–H groups in total. The van der Waals surface area contributed by atoms with Crippen LogP contribution in [-0.4, -0.2) is 23.2 Å². The highest BCUT2D eigenvalue weighted by atomic mass is 35.5. The van der Waals surface area contributed by atoms with Crippen molar-refractivity contribution >= 4 is 29.0 Å². The second kappa shape index (κ2) is 8.39. The molecule has 0 saturated heterocycles. The molecule has 2 aromatic carbocycles. The number of carbonyl (C=O) groups excluding carboxylic acids is 1. The summed E-state index contributed by atoms with van der Waals surface area (Å²) in [6.07, 6.45) is -5.81. The van der Waals surface area contributed by atoms with Crippen molar-refractivity contribution in [2.75, 3.05) is 5.01 Å². The highest BCUT2D eigenvalue weighted by molar-refractivity contribution is 6.34. The minimum atomic E-state index is -4.45. The molecule has 0 aromatic heterocycles. The van der Waals surface area contributed by atoms with E-state index in [1.807, 2.05) is 20.8 Å². The van der Waals surface area contributed by atoms with E-state index >= 15 is 0 Å². The normalized spacial score (nSPS) is 16.7. The van der Waals surface area contributed by atoms with Crippen LogP contribution in [0.2, 0.25) is 5.02 Å². The van der Waals surface area contributed by atoms with Crippen LogP contribution < -0.4 is 15.8 Å². The van der Waals surface area contributed by atoms with Gasteiger partial charge in [0.25, 0.3) is 0 Å². The van der Waals surface area contributed by atoms with Crippen LogP contribution in [0.15, 0.2) is 47.5 Å². The number of hydrazine groups is 1. The lowest BCUT2D eigenvalue weighted by Crippen LogP contribution is -2.41. The lowest BCUT2D eigenvalue weighted by Gasteiger charge is -2.22. The Balaban J connectivity index is 1.76. The average Bonchev–Trinajstić information content (AvgIpc) is 3.07. The van der Waals surface area contributed by atoms with Crippen LogP contribution in [0.3, 0.4) is 0 Å². The second-order valence-electron chi connectivity index (χ2n) is 8.10. The third-order valence-corrected chi connectivity index (χ3v) is 4.92. The smallest absolute Gasteiger partial charge is 0.354 e. The Morgan fingerprint density at radius 3 is 2.42 bits per heavy atom. The number of hydrogen-bond donors (Lipinski definition) is 3. The number of aliphatic hydroxyl groups excluding tert-OH is 1. The number of aliphatic hydroxyl groups is 1. The molecule has 1 unspecified atom stereocenters. The summed E-state index contributed by atoms with van der Waals surface area (Å²) < 4.78 is 38.3. The van der Waals surface area contributed by atoms with Crippen LogP contribution >= 0.6 is 11.6 Å². The number of benzene rings is 2. The van der Waals surface area contributed by atoms with Crippen molar-refractivity contribution in [3.63, 3.8) is 0 Å². The molecule has 166 valence electrons. The molecule has 10 heteroatoms. The van der Waals surface area contributed by atoms with Gasteiger partial charge in [-0.2, -0.15) is 13.2 Å². The molecule has 1 amide bonds. The molecule has 3 rings (SSSR count). The van der Waals surface area contributed by atoms with Gasteiger partial charge in [-0.1, -0.05) is 38.4 Å². The summed E-state index contributed by atoms with van der Waals surface area (Å²) in [6.45, 7) is 5.71. The number of amides is 1. The number of nitrogens with zero attached hydrogens (tertiary/aromatic N) is 2. The summed E-state index contributed by atoms with van der Waals surface area (Å²) in [6, 6.07) is 9.44. The van der Waals surface area contributed by atoms with Crippen molar-refractivity contribution < 1.29 is 23.1 Å². The van der Waals surface area contributed by atoms with E-state index in [1.54, 1.807) is 18.2 Å². The lowest BCUT2D eigenvalue weighted by atomic mass is 9.95. The maximum absolute atomic E-state index is 12.8. The highest BCUT2D eigenvalue weighted by Gasteiger charge is 2.31. The molecule has 0 fully saturated rings. The quantitative estimate of drug-likeness (QED) is 0.651. The van der Waals surface area contributed by atoms with Gasteiger partial charge in [0.05, 0.1) is 16.3 Å². The topological polar surface area (TPSA) is 77.0 Å². The molecule has 1 atom stereocenters. The van der Waals surface area contributed by atoms with E-state index in [0.717, 1.165) is 17.7 Å². The molecule has 0 aliphatic carbocycles. The van der Waals surface area contributed by atoms with Crippen molar-refractivity contribution in [1.82, 2.24) is 10.7 Å². The minimum Gasteiger partial charge on any atom is -0.354 e. The van der Waals surface area contributed by atoms with Crippen LogP contribution in [0.4, 0.5) is 18.9 Å². The zero-order chi connectivity index (χ0) is 23.0. The maximum Gasteiger partial charge on any atom is 0.416 e. The van der Waals surface area contributed by atoms with Gasteiger partial charge in [0.2, 0.25) is 12.3 Å². The van der Waals surface area contributed by atoms with E-state index in [9.17, 15) is 23.1 Å². The SMILES string of the molecule is CC(C)(C)C(=O)NCc1ccc(Cl)c(C2=NC(O)N(c3ccc(C(F)(F)F)cc3)N2)c1. The predicted octanol–water partition coefficient (Wildman–Crippen LogP) is 4.07. The summed E-state index contributed by atoms with van der Waals surface area (Å²) in [4.78, 5) is 16.2. The van der Waals surface area contributed by atoms with Crippen molar-refractivity contribution in [2.24, 2.45) is 10.4 Å².